The molecule has 2 aromatic carbocycles. The Balaban J connectivity index is 2.31. The van der Waals surface area contributed by atoms with Crippen molar-refractivity contribution < 1.29 is 19.4 Å². The second kappa shape index (κ2) is 6.61. The quantitative estimate of drug-likeness (QED) is 0.676. The van der Waals surface area contributed by atoms with Gasteiger partial charge in [-0.25, -0.2) is 0 Å². The van der Waals surface area contributed by atoms with Crippen molar-refractivity contribution in [2.75, 3.05) is 14.2 Å². The Morgan fingerprint density at radius 3 is 2.29 bits per heavy atom. The monoisotopic (exact) mass is 284 g/mol. The van der Waals surface area contributed by atoms with Crippen molar-refractivity contribution >= 4 is 11.9 Å². The van der Waals surface area contributed by atoms with Crippen LogP contribution in [0, 0.1) is 0 Å². The number of hydrogen-bond donors (Lipinski definition) is 1. The third-order valence-electron chi connectivity index (χ3n) is 3.00. The molecule has 0 unspecified atom stereocenters. The number of hydrogen-bond acceptors (Lipinski definition) is 4. The molecule has 0 aliphatic carbocycles. The number of phenolic OH excluding ortho intramolecular Hbond substituents is 1. The molecule has 2 aromatic rings. The van der Waals surface area contributed by atoms with E-state index in [2.05, 4.69) is 0 Å². The molecular weight excluding hydrogens is 268 g/mol. The number of carbonyl (C=O) groups excluding carboxylic acids is 1. The van der Waals surface area contributed by atoms with Crippen molar-refractivity contribution in [1.82, 2.24) is 0 Å². The van der Waals surface area contributed by atoms with Gasteiger partial charge in [-0.05, 0) is 24.3 Å². The molecule has 1 N–H and O–H groups in total. The average molecular weight is 284 g/mol. The molecule has 0 amide bonds. The summed E-state index contributed by atoms with van der Waals surface area (Å²) in [4.78, 5) is 12.0. The lowest BCUT2D eigenvalue weighted by atomic mass is 10.1. The summed E-state index contributed by atoms with van der Waals surface area (Å²) in [5, 5.41) is 9.71. The molecular formula is C17H16O4. The Kier molecular flexibility index (Phi) is 4.61. The number of carbonyl (C=O) groups is 1. The van der Waals surface area contributed by atoms with E-state index in [1.54, 1.807) is 24.3 Å². The van der Waals surface area contributed by atoms with E-state index < -0.39 is 0 Å². The number of ketones is 1. The maximum Gasteiger partial charge on any atom is 0.203 e. The zero-order valence-corrected chi connectivity index (χ0v) is 11.9. The predicted octanol–water partition coefficient (Wildman–Crippen LogP) is 3.31. The van der Waals surface area contributed by atoms with E-state index in [4.69, 9.17) is 9.47 Å². The largest absolute Gasteiger partial charge is 0.504 e. The molecule has 0 saturated heterocycles. The molecule has 0 atom stereocenters. The van der Waals surface area contributed by atoms with Gasteiger partial charge < -0.3 is 14.6 Å². The molecule has 21 heavy (non-hydrogen) atoms. The summed E-state index contributed by atoms with van der Waals surface area (Å²) in [7, 11) is 2.92. The molecule has 0 aliphatic heterocycles. The number of phenols is 1. The van der Waals surface area contributed by atoms with Crippen LogP contribution in [-0.4, -0.2) is 25.1 Å². The minimum atomic E-state index is -0.107. The summed E-state index contributed by atoms with van der Waals surface area (Å²) in [6.45, 7) is 0. The highest BCUT2D eigenvalue weighted by atomic mass is 16.5. The smallest absolute Gasteiger partial charge is 0.203 e. The van der Waals surface area contributed by atoms with Crippen molar-refractivity contribution in [1.29, 1.82) is 0 Å². The Morgan fingerprint density at radius 1 is 1.00 bits per heavy atom. The molecule has 0 bridgehead atoms. The molecule has 0 aromatic heterocycles. The normalized spacial score (nSPS) is 10.6. The molecule has 4 heteroatoms. The third kappa shape index (κ3) is 3.23. The maximum atomic E-state index is 12.0. The van der Waals surface area contributed by atoms with Gasteiger partial charge in [-0.2, -0.15) is 0 Å². The summed E-state index contributed by atoms with van der Waals surface area (Å²) in [6, 6.07) is 12.1. The van der Waals surface area contributed by atoms with Crippen LogP contribution in [0.3, 0.4) is 0 Å². The highest BCUT2D eigenvalue weighted by Gasteiger charge is 2.13. The fourth-order valence-electron chi connectivity index (χ4n) is 1.97. The minimum Gasteiger partial charge on any atom is -0.504 e. The fraction of sp³-hybridized carbons (Fsp3) is 0.118. The summed E-state index contributed by atoms with van der Waals surface area (Å²) in [6.07, 6.45) is 3.10. The minimum absolute atomic E-state index is 0.0131. The van der Waals surface area contributed by atoms with E-state index in [0.29, 0.717) is 16.9 Å². The predicted molar refractivity (Wildman–Crippen MR) is 81.0 cm³/mol. The first kappa shape index (κ1) is 14.7. The molecule has 0 fully saturated rings. The van der Waals surface area contributed by atoms with Gasteiger partial charge in [0.2, 0.25) is 5.75 Å². The van der Waals surface area contributed by atoms with Gasteiger partial charge in [0.15, 0.2) is 17.3 Å². The van der Waals surface area contributed by atoms with E-state index in [1.165, 1.54) is 26.4 Å². The van der Waals surface area contributed by atoms with Gasteiger partial charge >= 0.3 is 0 Å². The fourth-order valence-corrected chi connectivity index (χ4v) is 1.97. The first-order chi connectivity index (χ1) is 10.2. The molecule has 0 heterocycles. The molecule has 0 radical (unpaired) electrons. The van der Waals surface area contributed by atoms with Crippen LogP contribution in [0.2, 0.25) is 0 Å². The number of benzene rings is 2. The van der Waals surface area contributed by atoms with Crippen molar-refractivity contribution in [3.63, 3.8) is 0 Å². The molecule has 0 aliphatic rings. The summed E-state index contributed by atoms with van der Waals surface area (Å²) in [5.74, 6) is 0.506. The van der Waals surface area contributed by atoms with Gasteiger partial charge in [0.1, 0.15) is 0 Å². The number of allylic oxidation sites excluding steroid dienone is 1. The second-order valence-electron chi connectivity index (χ2n) is 4.30. The number of ether oxygens (including phenoxy) is 2. The molecule has 0 spiro atoms. The third-order valence-corrected chi connectivity index (χ3v) is 3.00. The Bertz CT molecular complexity index is 660. The first-order valence-corrected chi connectivity index (χ1v) is 6.38. The SMILES string of the molecule is COc1c(O)ccc(C=CC(=O)c2ccccc2)c1OC. The van der Waals surface area contributed by atoms with Crippen molar-refractivity contribution in [3.05, 3.63) is 59.7 Å². The van der Waals surface area contributed by atoms with E-state index >= 15 is 0 Å². The van der Waals surface area contributed by atoms with Crippen LogP contribution in [0.1, 0.15) is 15.9 Å². The van der Waals surface area contributed by atoms with E-state index in [9.17, 15) is 9.90 Å². The van der Waals surface area contributed by atoms with Gasteiger partial charge in [-0.15, -0.1) is 0 Å². The lowest BCUT2D eigenvalue weighted by Gasteiger charge is -2.11. The van der Waals surface area contributed by atoms with E-state index in [-0.39, 0.29) is 17.3 Å². The zero-order chi connectivity index (χ0) is 15.2. The summed E-state index contributed by atoms with van der Waals surface area (Å²) >= 11 is 0. The number of methoxy groups -OCH3 is 2. The average Bonchev–Trinajstić information content (AvgIpc) is 2.53. The number of rotatable bonds is 5. The standard InChI is InChI=1S/C17H16O4/c1-20-16-13(9-11-15(19)17(16)21-2)8-10-14(18)12-6-4-3-5-7-12/h3-11,19H,1-2H3. The summed E-state index contributed by atoms with van der Waals surface area (Å²) in [5.41, 5.74) is 1.26. The zero-order valence-electron chi connectivity index (χ0n) is 11.9. The highest BCUT2D eigenvalue weighted by molar-refractivity contribution is 6.06. The number of aromatic hydroxyl groups is 1. The van der Waals surface area contributed by atoms with Gasteiger partial charge in [0.25, 0.3) is 0 Å². The van der Waals surface area contributed by atoms with Crippen LogP contribution in [0.15, 0.2) is 48.5 Å². The highest BCUT2D eigenvalue weighted by Crippen LogP contribution is 2.39. The maximum absolute atomic E-state index is 12.0. The summed E-state index contributed by atoms with van der Waals surface area (Å²) < 4.78 is 10.3. The van der Waals surface area contributed by atoms with Crippen LogP contribution in [0.5, 0.6) is 17.2 Å². The topological polar surface area (TPSA) is 55.8 Å². The van der Waals surface area contributed by atoms with Gasteiger partial charge in [-0.1, -0.05) is 30.3 Å². The van der Waals surface area contributed by atoms with Crippen LogP contribution in [0.4, 0.5) is 0 Å². The van der Waals surface area contributed by atoms with Gasteiger partial charge in [0.05, 0.1) is 14.2 Å². The Morgan fingerprint density at radius 2 is 1.67 bits per heavy atom. The van der Waals surface area contributed by atoms with E-state index in [0.717, 1.165) is 0 Å². The van der Waals surface area contributed by atoms with Crippen molar-refractivity contribution in [2.24, 2.45) is 0 Å². The molecule has 108 valence electrons. The first-order valence-electron chi connectivity index (χ1n) is 6.38. The molecule has 0 saturated carbocycles. The Labute approximate surface area is 123 Å². The van der Waals surface area contributed by atoms with Crippen molar-refractivity contribution in [2.45, 2.75) is 0 Å². The van der Waals surface area contributed by atoms with Gasteiger partial charge in [-0.3, -0.25) is 4.79 Å². The molecule has 2 rings (SSSR count). The Hall–Kier alpha value is -2.75. The van der Waals surface area contributed by atoms with Crippen LogP contribution < -0.4 is 9.47 Å². The van der Waals surface area contributed by atoms with Crippen LogP contribution >= 0.6 is 0 Å². The lowest BCUT2D eigenvalue weighted by molar-refractivity contribution is 0.104. The van der Waals surface area contributed by atoms with E-state index in [1.807, 2.05) is 18.2 Å². The van der Waals surface area contributed by atoms with Crippen LogP contribution in [-0.2, 0) is 0 Å². The second-order valence-corrected chi connectivity index (χ2v) is 4.30. The van der Waals surface area contributed by atoms with Crippen molar-refractivity contribution in [3.8, 4) is 17.2 Å². The lowest BCUT2D eigenvalue weighted by Crippen LogP contribution is -1.95. The molecule has 4 nitrogen and oxygen atoms in total. The van der Waals surface area contributed by atoms with Gasteiger partial charge in [0, 0.05) is 11.1 Å². The van der Waals surface area contributed by atoms with Crippen LogP contribution in [0.25, 0.3) is 6.08 Å².